The Morgan fingerprint density at radius 2 is 2.19 bits per heavy atom. The summed E-state index contributed by atoms with van der Waals surface area (Å²) in [7, 11) is 0. The highest BCUT2D eigenvalue weighted by Crippen LogP contribution is 2.22. The van der Waals surface area contributed by atoms with E-state index in [2.05, 4.69) is 5.32 Å². The highest BCUT2D eigenvalue weighted by molar-refractivity contribution is 7.98. The Morgan fingerprint density at radius 3 is 2.71 bits per heavy atom. The Kier molecular flexibility index (Phi) is 6.44. The molecule has 0 saturated heterocycles. The minimum atomic E-state index is -1.19. The molecule has 114 valence electrons. The van der Waals surface area contributed by atoms with E-state index in [1.54, 1.807) is 0 Å². The maximum absolute atomic E-state index is 12.1. The summed E-state index contributed by atoms with van der Waals surface area (Å²) in [4.78, 5) is 33.3. The summed E-state index contributed by atoms with van der Waals surface area (Å²) in [6, 6.07) is 2.43. The quantitative estimate of drug-likeness (QED) is 0.585. The summed E-state index contributed by atoms with van der Waals surface area (Å²) >= 11 is 7.16. The molecule has 9 heteroatoms. The fourth-order valence-corrected chi connectivity index (χ4v) is 2.22. The molecule has 0 aliphatic heterocycles. The van der Waals surface area contributed by atoms with E-state index < -0.39 is 28.5 Å². The van der Waals surface area contributed by atoms with Gasteiger partial charge in [0, 0.05) is 11.1 Å². The zero-order chi connectivity index (χ0) is 16.0. The lowest BCUT2D eigenvalue weighted by Crippen LogP contribution is -2.41. The molecule has 0 unspecified atom stereocenters. The molecule has 21 heavy (non-hydrogen) atoms. The molecule has 0 bridgehead atoms. The second-order valence-electron chi connectivity index (χ2n) is 4.06. The number of carboxylic acids is 1. The van der Waals surface area contributed by atoms with E-state index >= 15 is 0 Å². The number of nitro groups is 1. The molecular formula is C12H13ClN2O5S. The zero-order valence-corrected chi connectivity index (χ0v) is 12.6. The van der Waals surface area contributed by atoms with Gasteiger partial charge in [-0.05, 0) is 30.6 Å². The molecule has 7 nitrogen and oxygen atoms in total. The summed E-state index contributed by atoms with van der Waals surface area (Å²) in [6.07, 6.45) is 2.03. The molecule has 0 fully saturated rings. The number of thioether (sulfide) groups is 1. The Bertz CT molecular complexity index is 567. The number of rotatable bonds is 7. The summed E-state index contributed by atoms with van der Waals surface area (Å²) in [5.74, 6) is -1.49. The number of benzene rings is 1. The van der Waals surface area contributed by atoms with E-state index in [-0.39, 0.29) is 17.0 Å². The second-order valence-corrected chi connectivity index (χ2v) is 5.49. The number of halogens is 1. The summed E-state index contributed by atoms with van der Waals surface area (Å²) < 4.78 is 0. The third-order valence-electron chi connectivity index (χ3n) is 2.61. The van der Waals surface area contributed by atoms with Gasteiger partial charge in [-0.3, -0.25) is 14.9 Å². The molecule has 0 radical (unpaired) electrons. The number of hydrogen-bond acceptors (Lipinski definition) is 5. The fraction of sp³-hybridized carbons (Fsp3) is 0.333. The normalized spacial score (nSPS) is 11.7. The molecule has 1 atom stereocenters. The van der Waals surface area contributed by atoms with Crippen molar-refractivity contribution in [2.45, 2.75) is 12.5 Å². The van der Waals surface area contributed by atoms with Crippen molar-refractivity contribution in [1.82, 2.24) is 5.32 Å². The van der Waals surface area contributed by atoms with E-state index in [0.29, 0.717) is 5.75 Å². The van der Waals surface area contributed by atoms with Crippen LogP contribution < -0.4 is 5.32 Å². The van der Waals surface area contributed by atoms with Gasteiger partial charge in [0.05, 0.1) is 4.92 Å². The van der Waals surface area contributed by atoms with E-state index in [9.17, 15) is 19.7 Å². The van der Waals surface area contributed by atoms with Crippen molar-refractivity contribution in [3.63, 3.8) is 0 Å². The van der Waals surface area contributed by atoms with Gasteiger partial charge in [0.2, 0.25) is 0 Å². The molecule has 2 N–H and O–H groups in total. The number of amides is 1. The largest absolute Gasteiger partial charge is 0.480 e. The van der Waals surface area contributed by atoms with E-state index in [1.165, 1.54) is 17.8 Å². The number of nitro benzene ring substituents is 1. The zero-order valence-electron chi connectivity index (χ0n) is 11.0. The van der Waals surface area contributed by atoms with Gasteiger partial charge in [0.15, 0.2) is 0 Å². The predicted molar refractivity (Wildman–Crippen MR) is 80.0 cm³/mol. The average Bonchev–Trinajstić information content (AvgIpc) is 2.42. The maximum Gasteiger partial charge on any atom is 0.326 e. The van der Waals surface area contributed by atoms with E-state index in [1.807, 2.05) is 6.26 Å². The van der Waals surface area contributed by atoms with Crippen molar-refractivity contribution in [1.29, 1.82) is 0 Å². The summed E-state index contributed by atoms with van der Waals surface area (Å²) in [5.41, 5.74) is -0.686. The van der Waals surface area contributed by atoms with Gasteiger partial charge in [0.25, 0.3) is 11.6 Å². The summed E-state index contributed by atoms with van der Waals surface area (Å²) in [5, 5.41) is 22.4. The van der Waals surface area contributed by atoms with Gasteiger partial charge in [-0.15, -0.1) is 0 Å². The van der Waals surface area contributed by atoms with Gasteiger partial charge in [-0.2, -0.15) is 11.8 Å². The third-order valence-corrected chi connectivity index (χ3v) is 3.49. The number of hydrogen-bond donors (Lipinski definition) is 2. The van der Waals surface area contributed by atoms with E-state index in [0.717, 1.165) is 12.1 Å². The molecular weight excluding hydrogens is 320 g/mol. The van der Waals surface area contributed by atoms with Crippen LogP contribution in [0, 0.1) is 10.1 Å². The standard InChI is InChI=1S/C12H13ClN2O5S/c1-21-5-4-9(12(17)18)14-11(16)8-6-7(13)2-3-10(8)15(19)20/h2-3,6,9H,4-5H2,1H3,(H,14,16)(H,17,18)/t9-/m1/s1. The number of nitrogens with zero attached hydrogens (tertiary/aromatic N) is 1. The highest BCUT2D eigenvalue weighted by atomic mass is 35.5. The molecule has 1 aromatic carbocycles. The number of nitrogens with one attached hydrogen (secondary N) is 1. The van der Waals surface area contributed by atoms with Crippen LogP contribution in [0.15, 0.2) is 18.2 Å². The number of aliphatic carboxylic acids is 1. The molecule has 0 heterocycles. The first-order chi connectivity index (χ1) is 9.86. The molecule has 1 aromatic rings. The molecule has 0 saturated carbocycles. The monoisotopic (exact) mass is 332 g/mol. The highest BCUT2D eigenvalue weighted by Gasteiger charge is 2.25. The minimum absolute atomic E-state index is 0.154. The van der Waals surface area contributed by atoms with Crippen LogP contribution in [0.3, 0.4) is 0 Å². The van der Waals surface area contributed by atoms with Crippen LogP contribution in [0.25, 0.3) is 0 Å². The van der Waals surface area contributed by atoms with Crippen LogP contribution in [0.2, 0.25) is 5.02 Å². The van der Waals surface area contributed by atoms with Gasteiger partial charge < -0.3 is 10.4 Å². The number of carbonyl (C=O) groups excluding carboxylic acids is 1. The Labute approximate surface area is 129 Å². The van der Waals surface area contributed by atoms with E-state index in [4.69, 9.17) is 16.7 Å². The first kappa shape index (κ1) is 17.3. The van der Waals surface area contributed by atoms with Gasteiger partial charge >= 0.3 is 5.97 Å². The van der Waals surface area contributed by atoms with Crippen molar-refractivity contribution in [2.24, 2.45) is 0 Å². The van der Waals surface area contributed by atoms with Crippen LogP contribution in [0.5, 0.6) is 0 Å². The van der Waals surface area contributed by atoms with Gasteiger partial charge in [0.1, 0.15) is 11.6 Å². The Balaban J connectivity index is 2.99. The first-order valence-electron chi connectivity index (χ1n) is 5.83. The Morgan fingerprint density at radius 1 is 1.52 bits per heavy atom. The first-order valence-corrected chi connectivity index (χ1v) is 7.60. The van der Waals surface area contributed by atoms with Gasteiger partial charge in [-0.1, -0.05) is 11.6 Å². The van der Waals surface area contributed by atoms with Crippen molar-refractivity contribution in [3.8, 4) is 0 Å². The second kappa shape index (κ2) is 7.84. The van der Waals surface area contributed by atoms with Gasteiger partial charge in [-0.25, -0.2) is 4.79 Å². The van der Waals surface area contributed by atoms with Crippen LogP contribution in [-0.4, -0.2) is 40.0 Å². The predicted octanol–water partition coefficient (Wildman–Crippen LogP) is 2.18. The third kappa shape index (κ3) is 4.91. The molecule has 0 spiro atoms. The molecule has 1 amide bonds. The lowest BCUT2D eigenvalue weighted by molar-refractivity contribution is -0.385. The topological polar surface area (TPSA) is 110 Å². The average molecular weight is 333 g/mol. The van der Waals surface area contributed by atoms with Crippen molar-refractivity contribution >= 4 is 40.9 Å². The van der Waals surface area contributed by atoms with Crippen molar-refractivity contribution in [2.75, 3.05) is 12.0 Å². The molecule has 0 aliphatic rings. The smallest absolute Gasteiger partial charge is 0.326 e. The van der Waals surface area contributed by atoms with Crippen molar-refractivity contribution in [3.05, 3.63) is 38.9 Å². The maximum atomic E-state index is 12.1. The lowest BCUT2D eigenvalue weighted by Gasteiger charge is -2.14. The Hall–Kier alpha value is -1.80. The molecule has 0 aliphatic carbocycles. The number of carbonyl (C=O) groups is 2. The van der Waals surface area contributed by atoms with Crippen LogP contribution in [0.1, 0.15) is 16.8 Å². The molecule has 1 rings (SSSR count). The van der Waals surface area contributed by atoms with Crippen LogP contribution >= 0.6 is 23.4 Å². The summed E-state index contributed by atoms with van der Waals surface area (Å²) in [6.45, 7) is 0. The van der Waals surface area contributed by atoms with Crippen LogP contribution in [-0.2, 0) is 4.79 Å². The SMILES string of the molecule is CSCC[C@@H](NC(=O)c1cc(Cl)ccc1[N+](=O)[O-])C(=O)O. The number of carboxylic acid groups (broad SMARTS) is 1. The fourth-order valence-electron chi connectivity index (χ4n) is 1.58. The lowest BCUT2D eigenvalue weighted by atomic mass is 10.1. The minimum Gasteiger partial charge on any atom is -0.480 e. The van der Waals surface area contributed by atoms with Crippen molar-refractivity contribution < 1.29 is 19.6 Å². The van der Waals surface area contributed by atoms with Crippen LogP contribution in [0.4, 0.5) is 5.69 Å². The molecule has 0 aromatic heterocycles.